The van der Waals surface area contributed by atoms with Gasteiger partial charge < -0.3 is 10.2 Å². The Morgan fingerprint density at radius 2 is 1.86 bits per heavy atom. The van der Waals surface area contributed by atoms with Crippen molar-refractivity contribution in [2.24, 2.45) is 0 Å². The van der Waals surface area contributed by atoms with Gasteiger partial charge in [0.1, 0.15) is 0 Å². The maximum absolute atomic E-state index is 12.5. The van der Waals surface area contributed by atoms with Gasteiger partial charge in [0.2, 0.25) is 0 Å². The molecule has 3 rings (SSSR count). The zero-order chi connectivity index (χ0) is 15.4. The molecule has 3 heteroatoms. The maximum Gasteiger partial charge on any atom is 0.251 e. The summed E-state index contributed by atoms with van der Waals surface area (Å²) in [5.41, 5.74) is 2.94. The van der Waals surface area contributed by atoms with Crippen LogP contribution in [0.15, 0.2) is 54.6 Å². The Labute approximate surface area is 132 Å². The zero-order valence-electron chi connectivity index (χ0n) is 13.0. The summed E-state index contributed by atoms with van der Waals surface area (Å²) in [4.78, 5) is 14.7. The quantitative estimate of drug-likeness (QED) is 0.943. The fraction of sp³-hybridized carbons (Fsp3) is 0.316. The van der Waals surface area contributed by atoms with E-state index >= 15 is 0 Å². The van der Waals surface area contributed by atoms with Crippen molar-refractivity contribution in [3.8, 4) is 11.1 Å². The highest BCUT2D eigenvalue weighted by Gasteiger charge is 2.19. The third kappa shape index (κ3) is 3.55. The van der Waals surface area contributed by atoms with E-state index in [-0.39, 0.29) is 11.9 Å². The van der Waals surface area contributed by atoms with E-state index < -0.39 is 0 Å². The van der Waals surface area contributed by atoms with Crippen molar-refractivity contribution >= 4 is 5.91 Å². The SMILES string of the molecule is CN1CCC[C@@H](NC(=O)c2cccc(-c3ccccc3)c2)C1. The highest BCUT2D eigenvalue weighted by molar-refractivity contribution is 5.95. The van der Waals surface area contributed by atoms with Gasteiger partial charge in [-0.15, -0.1) is 0 Å². The summed E-state index contributed by atoms with van der Waals surface area (Å²) in [7, 11) is 2.11. The Hall–Kier alpha value is -2.13. The third-order valence-electron chi connectivity index (χ3n) is 4.19. The van der Waals surface area contributed by atoms with E-state index in [9.17, 15) is 4.79 Å². The van der Waals surface area contributed by atoms with E-state index in [0.29, 0.717) is 0 Å². The van der Waals surface area contributed by atoms with Crippen LogP contribution >= 0.6 is 0 Å². The lowest BCUT2D eigenvalue weighted by atomic mass is 10.0. The molecule has 0 aliphatic carbocycles. The summed E-state index contributed by atoms with van der Waals surface area (Å²) in [6.45, 7) is 2.06. The fourth-order valence-corrected chi connectivity index (χ4v) is 3.02. The first-order chi connectivity index (χ1) is 10.7. The van der Waals surface area contributed by atoms with E-state index in [2.05, 4.69) is 29.4 Å². The molecule has 1 heterocycles. The number of rotatable bonds is 3. The molecule has 3 nitrogen and oxygen atoms in total. The van der Waals surface area contributed by atoms with E-state index in [1.807, 2.05) is 42.5 Å². The minimum Gasteiger partial charge on any atom is -0.348 e. The van der Waals surface area contributed by atoms with Crippen molar-refractivity contribution in [2.75, 3.05) is 20.1 Å². The minimum atomic E-state index is 0.0260. The van der Waals surface area contributed by atoms with Crippen molar-refractivity contribution in [3.63, 3.8) is 0 Å². The van der Waals surface area contributed by atoms with Crippen LogP contribution in [0.3, 0.4) is 0 Å². The molecule has 1 fully saturated rings. The number of hydrogen-bond donors (Lipinski definition) is 1. The van der Waals surface area contributed by atoms with Crippen molar-refractivity contribution < 1.29 is 4.79 Å². The molecule has 0 radical (unpaired) electrons. The Morgan fingerprint density at radius 1 is 1.09 bits per heavy atom. The van der Waals surface area contributed by atoms with Crippen LogP contribution in [0.25, 0.3) is 11.1 Å². The van der Waals surface area contributed by atoms with Crippen LogP contribution in [0.2, 0.25) is 0 Å². The predicted octanol–water partition coefficient (Wildman–Crippen LogP) is 3.18. The second-order valence-electron chi connectivity index (χ2n) is 6.02. The van der Waals surface area contributed by atoms with Crippen molar-refractivity contribution in [1.29, 1.82) is 0 Å². The highest BCUT2D eigenvalue weighted by atomic mass is 16.1. The van der Waals surface area contributed by atoms with E-state index in [1.165, 1.54) is 0 Å². The first-order valence-electron chi connectivity index (χ1n) is 7.87. The van der Waals surface area contributed by atoms with Crippen molar-refractivity contribution in [1.82, 2.24) is 10.2 Å². The fourth-order valence-electron chi connectivity index (χ4n) is 3.02. The van der Waals surface area contributed by atoms with Gasteiger partial charge in [0.25, 0.3) is 5.91 Å². The number of nitrogens with one attached hydrogen (secondary N) is 1. The summed E-state index contributed by atoms with van der Waals surface area (Å²) in [5.74, 6) is 0.0260. The van der Waals surface area contributed by atoms with Crippen LogP contribution in [-0.4, -0.2) is 37.0 Å². The Balaban J connectivity index is 1.73. The Bertz CT molecular complexity index is 639. The van der Waals surface area contributed by atoms with E-state index in [1.54, 1.807) is 0 Å². The van der Waals surface area contributed by atoms with Crippen LogP contribution in [0.5, 0.6) is 0 Å². The molecule has 1 atom stereocenters. The Morgan fingerprint density at radius 3 is 2.64 bits per heavy atom. The van der Waals surface area contributed by atoms with Crippen LogP contribution in [0.1, 0.15) is 23.2 Å². The van der Waals surface area contributed by atoms with Crippen molar-refractivity contribution in [2.45, 2.75) is 18.9 Å². The molecule has 0 unspecified atom stereocenters. The molecule has 0 aromatic heterocycles. The number of amides is 1. The maximum atomic E-state index is 12.5. The van der Waals surface area contributed by atoms with Crippen molar-refractivity contribution in [3.05, 3.63) is 60.2 Å². The summed E-state index contributed by atoms with van der Waals surface area (Å²) < 4.78 is 0. The molecule has 0 bridgehead atoms. The molecule has 1 aliphatic heterocycles. The second kappa shape index (κ2) is 6.75. The van der Waals surface area contributed by atoms with Crippen LogP contribution in [-0.2, 0) is 0 Å². The molecule has 1 aliphatic rings. The van der Waals surface area contributed by atoms with Gasteiger partial charge in [0.15, 0.2) is 0 Å². The number of benzene rings is 2. The van der Waals surface area contributed by atoms with Gasteiger partial charge in [0, 0.05) is 18.2 Å². The number of carbonyl (C=O) groups excluding carboxylic acids is 1. The van der Waals surface area contributed by atoms with Gasteiger partial charge in [-0.25, -0.2) is 0 Å². The molecule has 2 aromatic rings. The first-order valence-corrected chi connectivity index (χ1v) is 7.87. The smallest absolute Gasteiger partial charge is 0.251 e. The zero-order valence-corrected chi connectivity index (χ0v) is 13.0. The van der Waals surface area contributed by atoms with E-state index in [0.717, 1.165) is 42.6 Å². The molecule has 1 saturated heterocycles. The standard InChI is InChI=1S/C19H22N2O/c1-21-12-6-11-18(14-21)20-19(22)17-10-5-9-16(13-17)15-7-3-2-4-8-15/h2-5,7-10,13,18H,6,11-12,14H2,1H3,(H,20,22)/t18-/m1/s1. The molecule has 0 spiro atoms. The lowest BCUT2D eigenvalue weighted by Crippen LogP contribution is -2.46. The third-order valence-corrected chi connectivity index (χ3v) is 4.19. The number of likely N-dealkylation sites (N-methyl/N-ethyl adjacent to an activating group) is 1. The molecule has 1 amide bonds. The molecule has 0 saturated carbocycles. The molecule has 114 valence electrons. The normalized spacial score (nSPS) is 18.9. The molecule has 22 heavy (non-hydrogen) atoms. The van der Waals surface area contributed by atoms with Gasteiger partial charge in [-0.3, -0.25) is 4.79 Å². The minimum absolute atomic E-state index is 0.0260. The van der Waals surface area contributed by atoms with E-state index in [4.69, 9.17) is 0 Å². The molecular formula is C19H22N2O. The topological polar surface area (TPSA) is 32.3 Å². The predicted molar refractivity (Wildman–Crippen MR) is 89.9 cm³/mol. The van der Waals surface area contributed by atoms with Gasteiger partial charge >= 0.3 is 0 Å². The Kier molecular flexibility index (Phi) is 4.54. The van der Waals surface area contributed by atoms with Gasteiger partial charge in [-0.2, -0.15) is 0 Å². The summed E-state index contributed by atoms with van der Waals surface area (Å²) in [6.07, 6.45) is 2.21. The number of carbonyl (C=O) groups is 1. The first kappa shape index (κ1) is 14.8. The second-order valence-corrected chi connectivity index (χ2v) is 6.02. The number of likely N-dealkylation sites (tertiary alicyclic amines) is 1. The number of hydrogen-bond acceptors (Lipinski definition) is 2. The lowest BCUT2D eigenvalue weighted by Gasteiger charge is -2.30. The van der Waals surface area contributed by atoms with Crippen LogP contribution in [0.4, 0.5) is 0 Å². The molecule has 2 aromatic carbocycles. The van der Waals surface area contributed by atoms with Gasteiger partial charge in [0.05, 0.1) is 0 Å². The van der Waals surface area contributed by atoms with Crippen LogP contribution < -0.4 is 5.32 Å². The summed E-state index contributed by atoms with van der Waals surface area (Å²) in [5, 5.41) is 3.16. The number of nitrogens with zero attached hydrogens (tertiary/aromatic N) is 1. The lowest BCUT2D eigenvalue weighted by molar-refractivity contribution is 0.0912. The largest absolute Gasteiger partial charge is 0.348 e. The molecular weight excluding hydrogens is 272 g/mol. The molecule has 1 N–H and O–H groups in total. The van der Waals surface area contributed by atoms with Gasteiger partial charge in [-0.05, 0) is 49.7 Å². The van der Waals surface area contributed by atoms with Crippen LogP contribution in [0, 0.1) is 0 Å². The number of piperidine rings is 1. The monoisotopic (exact) mass is 294 g/mol. The summed E-state index contributed by atoms with van der Waals surface area (Å²) in [6, 6.07) is 18.3. The van der Waals surface area contributed by atoms with Gasteiger partial charge in [-0.1, -0.05) is 42.5 Å². The summed E-state index contributed by atoms with van der Waals surface area (Å²) >= 11 is 0. The highest BCUT2D eigenvalue weighted by Crippen LogP contribution is 2.20. The average Bonchev–Trinajstić information content (AvgIpc) is 2.56. The average molecular weight is 294 g/mol.